The second-order valence-corrected chi connectivity index (χ2v) is 4.81. The number of alkyl halides is 1. The third kappa shape index (κ3) is 3.90. The zero-order valence-electron chi connectivity index (χ0n) is 11.2. The molecule has 17 heavy (non-hydrogen) atoms. The van der Waals surface area contributed by atoms with Gasteiger partial charge in [-0.25, -0.2) is 0 Å². The van der Waals surface area contributed by atoms with Crippen LogP contribution >= 0.6 is 11.6 Å². The smallest absolute Gasteiger partial charge is 0.0637 e. The van der Waals surface area contributed by atoms with E-state index in [-0.39, 0.29) is 0 Å². The highest BCUT2D eigenvalue weighted by Crippen LogP contribution is 2.25. The van der Waals surface area contributed by atoms with Crippen molar-refractivity contribution in [1.29, 1.82) is 0 Å². The van der Waals surface area contributed by atoms with Gasteiger partial charge in [-0.3, -0.25) is 0 Å². The fourth-order valence-corrected chi connectivity index (χ4v) is 2.16. The van der Waals surface area contributed by atoms with Gasteiger partial charge in [0.1, 0.15) is 0 Å². The first-order valence-corrected chi connectivity index (χ1v) is 6.54. The van der Waals surface area contributed by atoms with E-state index in [1.807, 2.05) is 0 Å². The lowest BCUT2D eigenvalue weighted by atomic mass is 10.1. The SMILES string of the molecule is COCCN(c1ccc(C)cc1CCl)C(C)C. The van der Waals surface area contributed by atoms with E-state index >= 15 is 0 Å². The van der Waals surface area contributed by atoms with Crippen LogP contribution in [0.2, 0.25) is 0 Å². The molecule has 1 aromatic rings. The van der Waals surface area contributed by atoms with Crippen LogP contribution in [-0.2, 0) is 10.6 Å². The Labute approximate surface area is 110 Å². The van der Waals surface area contributed by atoms with E-state index in [2.05, 4.69) is 43.9 Å². The average Bonchev–Trinajstić information content (AvgIpc) is 2.30. The van der Waals surface area contributed by atoms with Crippen LogP contribution in [0, 0.1) is 6.92 Å². The summed E-state index contributed by atoms with van der Waals surface area (Å²) >= 11 is 6.03. The normalized spacial score (nSPS) is 10.9. The Hall–Kier alpha value is -0.730. The molecule has 0 N–H and O–H groups in total. The Morgan fingerprint density at radius 3 is 2.59 bits per heavy atom. The maximum absolute atomic E-state index is 6.03. The van der Waals surface area contributed by atoms with Crippen molar-refractivity contribution in [3.05, 3.63) is 29.3 Å². The molecule has 3 heteroatoms. The zero-order valence-corrected chi connectivity index (χ0v) is 11.9. The van der Waals surface area contributed by atoms with Crippen LogP contribution in [0.3, 0.4) is 0 Å². The number of anilines is 1. The first kappa shape index (κ1) is 14.3. The molecule has 0 saturated carbocycles. The fraction of sp³-hybridized carbons (Fsp3) is 0.571. The van der Waals surface area contributed by atoms with Gasteiger partial charge < -0.3 is 9.64 Å². The summed E-state index contributed by atoms with van der Waals surface area (Å²) in [6, 6.07) is 6.88. The molecule has 0 aliphatic heterocycles. The predicted octanol–water partition coefficient (Wildman–Crippen LogP) is 3.60. The number of benzene rings is 1. The molecule has 0 radical (unpaired) electrons. The van der Waals surface area contributed by atoms with Gasteiger partial charge in [-0.2, -0.15) is 0 Å². The molecule has 0 saturated heterocycles. The number of rotatable bonds is 6. The summed E-state index contributed by atoms with van der Waals surface area (Å²) in [5.41, 5.74) is 3.66. The van der Waals surface area contributed by atoms with E-state index in [1.165, 1.54) is 16.8 Å². The molecular weight excluding hydrogens is 234 g/mol. The van der Waals surface area contributed by atoms with E-state index in [0.717, 1.165) is 13.2 Å². The van der Waals surface area contributed by atoms with Crippen LogP contribution in [0.25, 0.3) is 0 Å². The van der Waals surface area contributed by atoms with Crippen molar-refractivity contribution in [2.24, 2.45) is 0 Å². The van der Waals surface area contributed by atoms with Gasteiger partial charge in [-0.15, -0.1) is 11.6 Å². The summed E-state index contributed by atoms with van der Waals surface area (Å²) in [5, 5.41) is 0. The number of hydrogen-bond acceptors (Lipinski definition) is 2. The number of aryl methyl sites for hydroxylation is 1. The molecule has 0 fully saturated rings. The molecule has 0 aliphatic rings. The monoisotopic (exact) mass is 255 g/mol. The standard InChI is InChI=1S/C14H22ClNO/c1-11(2)16(7-8-17-4)14-6-5-12(3)9-13(14)10-15/h5-6,9,11H,7-8,10H2,1-4H3. The Balaban J connectivity index is 3.00. The van der Waals surface area contributed by atoms with Crippen LogP contribution in [0.5, 0.6) is 0 Å². The van der Waals surface area contributed by atoms with Crippen molar-refractivity contribution in [2.45, 2.75) is 32.7 Å². The molecule has 0 bridgehead atoms. The van der Waals surface area contributed by atoms with Gasteiger partial charge in [0.2, 0.25) is 0 Å². The Morgan fingerprint density at radius 2 is 2.06 bits per heavy atom. The third-order valence-electron chi connectivity index (χ3n) is 2.85. The van der Waals surface area contributed by atoms with Crippen LogP contribution in [-0.4, -0.2) is 26.3 Å². The van der Waals surface area contributed by atoms with E-state index in [1.54, 1.807) is 7.11 Å². The number of ether oxygens (including phenoxy) is 1. The lowest BCUT2D eigenvalue weighted by Gasteiger charge is -2.30. The molecule has 0 aromatic heterocycles. The highest BCUT2D eigenvalue weighted by atomic mass is 35.5. The van der Waals surface area contributed by atoms with Gasteiger partial charge in [0.05, 0.1) is 6.61 Å². The van der Waals surface area contributed by atoms with E-state index in [4.69, 9.17) is 16.3 Å². The van der Waals surface area contributed by atoms with Crippen molar-refractivity contribution in [1.82, 2.24) is 0 Å². The molecule has 0 amide bonds. The summed E-state index contributed by atoms with van der Waals surface area (Å²) < 4.78 is 5.17. The average molecular weight is 256 g/mol. The zero-order chi connectivity index (χ0) is 12.8. The van der Waals surface area contributed by atoms with Crippen molar-refractivity contribution in [3.8, 4) is 0 Å². The van der Waals surface area contributed by atoms with E-state index in [0.29, 0.717) is 11.9 Å². The summed E-state index contributed by atoms with van der Waals surface area (Å²) in [6.45, 7) is 8.09. The van der Waals surface area contributed by atoms with Gasteiger partial charge in [-0.1, -0.05) is 17.7 Å². The molecule has 2 nitrogen and oxygen atoms in total. The molecule has 0 aliphatic carbocycles. The minimum Gasteiger partial charge on any atom is -0.383 e. The van der Waals surface area contributed by atoms with Gasteiger partial charge >= 0.3 is 0 Å². The van der Waals surface area contributed by atoms with Crippen LogP contribution in [0.4, 0.5) is 5.69 Å². The quantitative estimate of drug-likeness (QED) is 0.721. The molecular formula is C14H22ClNO. The molecule has 1 rings (SSSR count). The molecule has 0 unspecified atom stereocenters. The highest BCUT2D eigenvalue weighted by Gasteiger charge is 2.13. The van der Waals surface area contributed by atoms with Crippen LogP contribution < -0.4 is 4.90 Å². The summed E-state index contributed by atoms with van der Waals surface area (Å²) in [5.74, 6) is 0.549. The lowest BCUT2D eigenvalue weighted by molar-refractivity contribution is 0.204. The molecule has 1 aromatic carbocycles. The largest absolute Gasteiger partial charge is 0.383 e. The Kier molecular flexibility index (Phi) is 5.79. The first-order valence-electron chi connectivity index (χ1n) is 6.01. The van der Waals surface area contributed by atoms with Crippen LogP contribution in [0.15, 0.2) is 18.2 Å². The van der Waals surface area contributed by atoms with E-state index in [9.17, 15) is 0 Å². The second kappa shape index (κ2) is 6.87. The minimum atomic E-state index is 0.440. The van der Waals surface area contributed by atoms with Crippen molar-refractivity contribution >= 4 is 17.3 Å². The molecule has 0 heterocycles. The molecule has 0 atom stereocenters. The van der Waals surface area contributed by atoms with Crippen molar-refractivity contribution in [2.75, 3.05) is 25.2 Å². The maximum atomic E-state index is 6.03. The lowest BCUT2D eigenvalue weighted by Crippen LogP contribution is -2.34. The van der Waals surface area contributed by atoms with Gasteiger partial charge in [0.25, 0.3) is 0 Å². The van der Waals surface area contributed by atoms with Crippen LogP contribution in [0.1, 0.15) is 25.0 Å². The number of hydrogen-bond donors (Lipinski definition) is 0. The summed E-state index contributed by atoms with van der Waals surface area (Å²) in [7, 11) is 1.73. The third-order valence-corrected chi connectivity index (χ3v) is 3.14. The number of halogens is 1. The van der Waals surface area contributed by atoms with Crippen molar-refractivity contribution in [3.63, 3.8) is 0 Å². The maximum Gasteiger partial charge on any atom is 0.0637 e. The summed E-state index contributed by atoms with van der Waals surface area (Å²) in [6.07, 6.45) is 0. The Bertz CT molecular complexity index is 352. The second-order valence-electron chi connectivity index (χ2n) is 4.55. The number of methoxy groups -OCH3 is 1. The topological polar surface area (TPSA) is 12.5 Å². The fourth-order valence-electron chi connectivity index (χ4n) is 1.95. The van der Waals surface area contributed by atoms with Gasteiger partial charge in [-0.05, 0) is 32.4 Å². The van der Waals surface area contributed by atoms with Crippen molar-refractivity contribution < 1.29 is 4.74 Å². The Morgan fingerprint density at radius 1 is 1.35 bits per heavy atom. The van der Waals surface area contributed by atoms with Gasteiger partial charge in [0.15, 0.2) is 0 Å². The predicted molar refractivity (Wildman–Crippen MR) is 75.1 cm³/mol. The highest BCUT2D eigenvalue weighted by molar-refractivity contribution is 6.17. The molecule has 96 valence electrons. The minimum absolute atomic E-state index is 0.440. The van der Waals surface area contributed by atoms with Gasteiger partial charge in [0, 0.05) is 31.3 Å². The molecule has 0 spiro atoms. The summed E-state index contributed by atoms with van der Waals surface area (Å²) in [4.78, 5) is 2.33. The van der Waals surface area contributed by atoms with E-state index < -0.39 is 0 Å². The number of nitrogens with zero attached hydrogens (tertiary/aromatic N) is 1. The first-order chi connectivity index (χ1) is 8.10.